The summed E-state index contributed by atoms with van der Waals surface area (Å²) in [6.07, 6.45) is 0. The number of aromatic nitrogens is 3. The Kier molecular flexibility index (Phi) is 7.88. The van der Waals surface area contributed by atoms with Gasteiger partial charge in [-0.25, -0.2) is 0 Å². The summed E-state index contributed by atoms with van der Waals surface area (Å²) < 4.78 is 7.78. The Bertz CT molecular complexity index is 1060. The molecule has 0 aliphatic heterocycles. The Morgan fingerprint density at radius 1 is 1.20 bits per heavy atom. The largest absolute Gasteiger partial charge is 0.485 e. The minimum Gasteiger partial charge on any atom is -0.485 e. The van der Waals surface area contributed by atoms with Crippen molar-refractivity contribution < 1.29 is 9.53 Å². The number of rotatable bonds is 8. The molecule has 0 radical (unpaired) electrons. The van der Waals surface area contributed by atoms with E-state index in [4.69, 9.17) is 39.5 Å². The standard InChI is InChI=1S/C20H19Cl3N4O2S/c1-3-27-17(10-29-16-8-7-13(21)9-12(16)2)25-26-20(27)30-11-18(28)24-15-6-4-5-14(22)19(15)23/h4-9H,3,10-11H2,1-2H3,(H,24,28). The molecule has 0 unspecified atom stereocenters. The number of hydrogen-bond acceptors (Lipinski definition) is 5. The molecule has 1 heterocycles. The second-order valence-corrected chi connectivity index (χ2v) is 8.44. The number of amides is 1. The molecule has 3 aromatic rings. The molecule has 0 bridgehead atoms. The highest BCUT2D eigenvalue weighted by molar-refractivity contribution is 7.99. The lowest BCUT2D eigenvalue weighted by Crippen LogP contribution is -2.15. The Labute approximate surface area is 193 Å². The molecular formula is C20H19Cl3N4O2S. The van der Waals surface area contributed by atoms with Gasteiger partial charge in [0.1, 0.15) is 12.4 Å². The van der Waals surface area contributed by atoms with Gasteiger partial charge in [0.2, 0.25) is 5.91 Å². The van der Waals surface area contributed by atoms with Crippen molar-refractivity contribution in [3.05, 3.63) is 62.9 Å². The maximum absolute atomic E-state index is 12.3. The van der Waals surface area contributed by atoms with Gasteiger partial charge in [0.15, 0.2) is 11.0 Å². The molecule has 0 aliphatic rings. The van der Waals surface area contributed by atoms with Crippen LogP contribution in [0.25, 0.3) is 0 Å². The van der Waals surface area contributed by atoms with Crippen LogP contribution in [0, 0.1) is 6.92 Å². The number of thioether (sulfide) groups is 1. The number of nitrogens with one attached hydrogen (secondary N) is 1. The highest BCUT2D eigenvalue weighted by Crippen LogP contribution is 2.30. The zero-order valence-electron chi connectivity index (χ0n) is 16.3. The monoisotopic (exact) mass is 484 g/mol. The molecule has 0 aliphatic carbocycles. The van der Waals surface area contributed by atoms with Gasteiger partial charge in [-0.15, -0.1) is 10.2 Å². The third kappa shape index (κ3) is 5.60. The number of hydrogen-bond donors (Lipinski definition) is 1. The molecule has 6 nitrogen and oxygen atoms in total. The van der Waals surface area contributed by atoms with E-state index in [9.17, 15) is 4.79 Å². The predicted octanol–water partition coefficient (Wildman–Crippen LogP) is 5.88. The molecule has 1 N–H and O–H groups in total. The maximum atomic E-state index is 12.3. The summed E-state index contributed by atoms with van der Waals surface area (Å²) in [7, 11) is 0. The third-order valence-corrected chi connectivity index (χ3v) is 6.18. The van der Waals surface area contributed by atoms with E-state index in [-0.39, 0.29) is 18.3 Å². The van der Waals surface area contributed by atoms with Gasteiger partial charge in [0.25, 0.3) is 0 Å². The average molecular weight is 486 g/mol. The summed E-state index contributed by atoms with van der Waals surface area (Å²) in [5, 5.41) is 13.1. The van der Waals surface area contributed by atoms with Crippen LogP contribution in [0.15, 0.2) is 41.6 Å². The zero-order valence-corrected chi connectivity index (χ0v) is 19.4. The summed E-state index contributed by atoms with van der Waals surface area (Å²) in [6.45, 7) is 4.82. The summed E-state index contributed by atoms with van der Waals surface area (Å²) in [6, 6.07) is 10.5. The van der Waals surface area contributed by atoms with Crippen molar-refractivity contribution in [2.24, 2.45) is 0 Å². The first-order valence-electron chi connectivity index (χ1n) is 9.06. The molecule has 10 heteroatoms. The Hall–Kier alpha value is -1.93. The SMILES string of the molecule is CCn1c(COc2ccc(Cl)cc2C)nnc1SCC(=O)Nc1cccc(Cl)c1Cl. The molecule has 3 rings (SSSR count). The molecule has 1 amide bonds. The van der Waals surface area contributed by atoms with Crippen molar-refractivity contribution in [1.29, 1.82) is 0 Å². The van der Waals surface area contributed by atoms with Gasteiger partial charge < -0.3 is 14.6 Å². The highest BCUT2D eigenvalue weighted by atomic mass is 35.5. The normalized spacial score (nSPS) is 10.8. The number of carbonyl (C=O) groups is 1. The van der Waals surface area contributed by atoms with Crippen molar-refractivity contribution in [2.75, 3.05) is 11.1 Å². The lowest BCUT2D eigenvalue weighted by atomic mass is 10.2. The van der Waals surface area contributed by atoms with Crippen LogP contribution in [0.5, 0.6) is 5.75 Å². The van der Waals surface area contributed by atoms with Crippen LogP contribution in [-0.4, -0.2) is 26.4 Å². The fraction of sp³-hybridized carbons (Fsp3) is 0.250. The highest BCUT2D eigenvalue weighted by Gasteiger charge is 2.15. The fourth-order valence-corrected chi connectivity index (χ4v) is 4.08. The van der Waals surface area contributed by atoms with E-state index >= 15 is 0 Å². The van der Waals surface area contributed by atoms with Gasteiger partial charge in [-0.1, -0.05) is 52.6 Å². The first-order valence-corrected chi connectivity index (χ1v) is 11.2. The van der Waals surface area contributed by atoms with E-state index < -0.39 is 0 Å². The second kappa shape index (κ2) is 10.4. The van der Waals surface area contributed by atoms with Gasteiger partial charge in [0, 0.05) is 11.6 Å². The molecule has 0 atom stereocenters. The Balaban J connectivity index is 1.61. The van der Waals surface area contributed by atoms with Crippen LogP contribution in [0.4, 0.5) is 5.69 Å². The van der Waals surface area contributed by atoms with Crippen molar-refractivity contribution in [1.82, 2.24) is 14.8 Å². The number of benzene rings is 2. The van der Waals surface area contributed by atoms with Crippen LogP contribution in [0.1, 0.15) is 18.3 Å². The number of carbonyl (C=O) groups excluding carboxylic acids is 1. The minimum atomic E-state index is -0.218. The smallest absolute Gasteiger partial charge is 0.234 e. The van der Waals surface area contributed by atoms with E-state index in [1.165, 1.54) is 11.8 Å². The quantitative estimate of drug-likeness (QED) is 0.404. The molecule has 0 saturated carbocycles. The minimum absolute atomic E-state index is 0.151. The molecule has 0 fully saturated rings. The Morgan fingerprint density at radius 2 is 2.00 bits per heavy atom. The van der Waals surface area contributed by atoms with Crippen molar-refractivity contribution in [3.8, 4) is 5.75 Å². The lowest BCUT2D eigenvalue weighted by Gasteiger charge is -2.11. The van der Waals surface area contributed by atoms with E-state index in [0.29, 0.717) is 38.3 Å². The van der Waals surface area contributed by atoms with Crippen LogP contribution < -0.4 is 10.1 Å². The van der Waals surface area contributed by atoms with Crippen molar-refractivity contribution >= 4 is 58.2 Å². The molecular weight excluding hydrogens is 467 g/mol. The predicted molar refractivity (Wildman–Crippen MR) is 122 cm³/mol. The second-order valence-electron chi connectivity index (χ2n) is 6.28. The Morgan fingerprint density at radius 3 is 2.73 bits per heavy atom. The molecule has 30 heavy (non-hydrogen) atoms. The van der Waals surface area contributed by atoms with Crippen LogP contribution in [0.3, 0.4) is 0 Å². The number of anilines is 1. The topological polar surface area (TPSA) is 69.0 Å². The summed E-state index contributed by atoms with van der Waals surface area (Å²) in [5.41, 5.74) is 1.41. The van der Waals surface area contributed by atoms with E-state index in [1.807, 2.05) is 30.5 Å². The van der Waals surface area contributed by atoms with Crippen molar-refractivity contribution in [2.45, 2.75) is 32.2 Å². The maximum Gasteiger partial charge on any atom is 0.234 e. The average Bonchev–Trinajstić information content (AvgIpc) is 3.11. The van der Waals surface area contributed by atoms with Crippen molar-refractivity contribution in [3.63, 3.8) is 0 Å². The number of aryl methyl sites for hydroxylation is 1. The van der Waals surface area contributed by atoms with Gasteiger partial charge in [-0.05, 0) is 49.7 Å². The van der Waals surface area contributed by atoms with Crippen LogP contribution >= 0.6 is 46.6 Å². The first-order chi connectivity index (χ1) is 14.4. The number of nitrogens with zero attached hydrogens (tertiary/aromatic N) is 3. The van der Waals surface area contributed by atoms with E-state index in [0.717, 1.165) is 11.3 Å². The molecule has 158 valence electrons. The molecule has 0 saturated heterocycles. The fourth-order valence-electron chi connectivity index (χ4n) is 2.68. The number of ether oxygens (including phenoxy) is 1. The lowest BCUT2D eigenvalue weighted by molar-refractivity contribution is -0.113. The molecule has 0 spiro atoms. The van der Waals surface area contributed by atoms with Crippen LogP contribution in [0.2, 0.25) is 15.1 Å². The summed E-state index contributed by atoms with van der Waals surface area (Å²) in [4.78, 5) is 12.3. The molecule has 2 aromatic carbocycles. The first kappa shape index (κ1) is 22.7. The van der Waals surface area contributed by atoms with Gasteiger partial charge in [0.05, 0.1) is 21.5 Å². The zero-order chi connectivity index (χ0) is 21.7. The van der Waals surface area contributed by atoms with Gasteiger partial charge >= 0.3 is 0 Å². The summed E-state index contributed by atoms with van der Waals surface area (Å²) in [5.74, 6) is 1.34. The van der Waals surface area contributed by atoms with E-state index in [1.54, 1.807) is 24.3 Å². The van der Waals surface area contributed by atoms with Gasteiger partial charge in [-0.3, -0.25) is 4.79 Å². The van der Waals surface area contributed by atoms with E-state index in [2.05, 4.69) is 15.5 Å². The van der Waals surface area contributed by atoms with Gasteiger partial charge in [-0.2, -0.15) is 0 Å². The molecule has 1 aromatic heterocycles. The summed E-state index contributed by atoms with van der Waals surface area (Å²) >= 11 is 19.4. The third-order valence-electron chi connectivity index (χ3n) is 4.16. The van der Waals surface area contributed by atoms with Crippen LogP contribution in [-0.2, 0) is 17.9 Å². The number of halogens is 3.